The summed E-state index contributed by atoms with van der Waals surface area (Å²) >= 11 is 0. The maximum absolute atomic E-state index is 13.3. The monoisotopic (exact) mass is 238 g/mol. The number of nitrogens with two attached hydrogens (primary N) is 1. The molecule has 0 aromatic carbocycles. The zero-order valence-electron chi connectivity index (χ0n) is 9.65. The molecule has 0 unspecified atom stereocenters. The lowest BCUT2D eigenvalue weighted by Gasteiger charge is -2.01. The fourth-order valence-corrected chi connectivity index (χ4v) is 1.15. The first-order valence-electron chi connectivity index (χ1n) is 5.40. The van der Waals surface area contributed by atoms with Gasteiger partial charge in [-0.2, -0.15) is 0 Å². The van der Waals surface area contributed by atoms with Crippen LogP contribution in [0, 0.1) is 5.82 Å². The number of nitrogens with zero attached hydrogens (tertiary/aromatic N) is 1. The fourth-order valence-electron chi connectivity index (χ4n) is 1.15. The lowest BCUT2D eigenvalue weighted by Crippen LogP contribution is -2.02. The van der Waals surface area contributed by atoms with Crippen LogP contribution in [0.2, 0.25) is 0 Å². The van der Waals surface area contributed by atoms with Crippen molar-refractivity contribution in [2.45, 2.75) is 19.8 Å². The van der Waals surface area contributed by atoms with Gasteiger partial charge in [0.15, 0.2) is 0 Å². The first-order valence-corrected chi connectivity index (χ1v) is 5.40. The zero-order valence-corrected chi connectivity index (χ0v) is 9.65. The fraction of sp³-hybridized carbons (Fsp3) is 0.333. The molecule has 0 fully saturated rings. The predicted molar refractivity (Wildman–Crippen MR) is 63.5 cm³/mol. The summed E-state index contributed by atoms with van der Waals surface area (Å²) < 4.78 is 18.2. The summed E-state index contributed by atoms with van der Waals surface area (Å²) in [6.07, 6.45) is 5.43. The number of pyridine rings is 1. The van der Waals surface area contributed by atoms with Crippen LogP contribution in [0.4, 0.5) is 10.2 Å². The van der Waals surface area contributed by atoms with E-state index in [-0.39, 0.29) is 11.4 Å². The third kappa shape index (κ3) is 4.22. The molecule has 0 aliphatic heterocycles. The Hall–Kier alpha value is -1.91. The molecule has 1 aromatic heterocycles. The van der Waals surface area contributed by atoms with Crippen LogP contribution in [0.3, 0.4) is 0 Å². The van der Waals surface area contributed by atoms with Crippen LogP contribution in [0.25, 0.3) is 6.08 Å². The highest BCUT2D eigenvalue weighted by molar-refractivity contribution is 5.88. The summed E-state index contributed by atoms with van der Waals surface area (Å²) in [6.45, 7) is 2.36. The number of ether oxygens (including phenoxy) is 1. The molecule has 1 aromatic rings. The molecule has 2 N–H and O–H groups in total. The minimum atomic E-state index is -0.518. The Morgan fingerprint density at radius 2 is 2.41 bits per heavy atom. The van der Waals surface area contributed by atoms with E-state index in [2.05, 4.69) is 4.98 Å². The van der Waals surface area contributed by atoms with E-state index in [1.165, 1.54) is 18.3 Å². The third-order valence-corrected chi connectivity index (χ3v) is 2.10. The number of carbonyl (C=O) groups is 1. The molecule has 0 atom stereocenters. The second kappa shape index (κ2) is 6.62. The number of halogens is 1. The summed E-state index contributed by atoms with van der Waals surface area (Å²) in [5.74, 6) is -0.987. The van der Waals surface area contributed by atoms with Crippen molar-refractivity contribution < 1.29 is 13.9 Å². The van der Waals surface area contributed by atoms with Gasteiger partial charge in [0.05, 0.1) is 12.2 Å². The maximum atomic E-state index is 13.3. The van der Waals surface area contributed by atoms with Crippen LogP contribution in [-0.2, 0) is 9.53 Å². The van der Waals surface area contributed by atoms with E-state index in [0.717, 1.165) is 18.9 Å². The number of nitrogen functional groups attached to an aromatic ring is 1. The molecule has 5 heteroatoms. The molecule has 0 amide bonds. The van der Waals surface area contributed by atoms with Crippen molar-refractivity contribution in [1.82, 2.24) is 4.98 Å². The normalized spacial score (nSPS) is 10.7. The average molecular weight is 238 g/mol. The molecule has 0 bridgehead atoms. The van der Waals surface area contributed by atoms with Crippen molar-refractivity contribution >= 4 is 17.9 Å². The average Bonchev–Trinajstić information content (AvgIpc) is 2.29. The molecular weight excluding hydrogens is 223 g/mol. The second-order valence-corrected chi connectivity index (χ2v) is 3.45. The number of unbranched alkanes of at least 4 members (excludes halogenated alkanes) is 1. The first-order chi connectivity index (χ1) is 8.15. The summed E-state index contributed by atoms with van der Waals surface area (Å²) in [4.78, 5) is 14.9. The Morgan fingerprint density at radius 1 is 1.65 bits per heavy atom. The van der Waals surface area contributed by atoms with E-state index in [1.54, 1.807) is 0 Å². The molecule has 4 nitrogen and oxygen atoms in total. The van der Waals surface area contributed by atoms with E-state index in [9.17, 15) is 9.18 Å². The van der Waals surface area contributed by atoms with Gasteiger partial charge in [-0.15, -0.1) is 0 Å². The number of rotatable bonds is 5. The van der Waals surface area contributed by atoms with Crippen molar-refractivity contribution in [3.05, 3.63) is 29.7 Å². The minimum Gasteiger partial charge on any atom is -0.463 e. The number of anilines is 1. The van der Waals surface area contributed by atoms with Crippen LogP contribution in [-0.4, -0.2) is 17.6 Å². The van der Waals surface area contributed by atoms with Gasteiger partial charge in [0.2, 0.25) is 0 Å². The van der Waals surface area contributed by atoms with Crippen molar-refractivity contribution in [1.29, 1.82) is 0 Å². The summed E-state index contributed by atoms with van der Waals surface area (Å²) in [6, 6.07) is 1.18. The van der Waals surface area contributed by atoms with Crippen LogP contribution in [0.1, 0.15) is 25.3 Å². The van der Waals surface area contributed by atoms with Crippen LogP contribution in [0.15, 0.2) is 18.3 Å². The van der Waals surface area contributed by atoms with E-state index in [0.29, 0.717) is 6.61 Å². The lowest BCUT2D eigenvalue weighted by molar-refractivity contribution is -0.137. The van der Waals surface area contributed by atoms with E-state index in [1.807, 2.05) is 6.92 Å². The highest BCUT2D eigenvalue weighted by Gasteiger charge is 2.04. The molecule has 17 heavy (non-hydrogen) atoms. The Labute approximate surface area is 99.3 Å². The van der Waals surface area contributed by atoms with Gasteiger partial charge in [-0.3, -0.25) is 0 Å². The van der Waals surface area contributed by atoms with E-state index in [4.69, 9.17) is 10.5 Å². The van der Waals surface area contributed by atoms with E-state index >= 15 is 0 Å². The van der Waals surface area contributed by atoms with Gasteiger partial charge in [-0.25, -0.2) is 14.2 Å². The third-order valence-electron chi connectivity index (χ3n) is 2.10. The molecule has 0 radical (unpaired) electrons. The Bertz CT molecular complexity index is 399. The van der Waals surface area contributed by atoms with Gasteiger partial charge < -0.3 is 10.5 Å². The Morgan fingerprint density at radius 3 is 3.06 bits per heavy atom. The lowest BCUT2D eigenvalue weighted by atomic mass is 10.2. The van der Waals surface area contributed by atoms with Gasteiger partial charge in [0.1, 0.15) is 11.6 Å². The van der Waals surface area contributed by atoms with Crippen molar-refractivity contribution in [2.75, 3.05) is 12.3 Å². The number of carbonyl (C=O) groups excluding carboxylic acids is 1. The highest BCUT2D eigenvalue weighted by atomic mass is 19.1. The molecule has 0 spiro atoms. The van der Waals surface area contributed by atoms with Crippen molar-refractivity contribution in [2.24, 2.45) is 0 Å². The van der Waals surface area contributed by atoms with Gasteiger partial charge in [-0.1, -0.05) is 13.3 Å². The van der Waals surface area contributed by atoms with Gasteiger partial charge >= 0.3 is 5.97 Å². The Balaban J connectivity index is 2.61. The second-order valence-electron chi connectivity index (χ2n) is 3.45. The summed E-state index contributed by atoms with van der Waals surface area (Å²) in [5.41, 5.74) is 5.57. The largest absolute Gasteiger partial charge is 0.463 e. The molecule has 0 saturated carbocycles. The van der Waals surface area contributed by atoms with Crippen molar-refractivity contribution in [3.63, 3.8) is 0 Å². The molecule has 0 saturated heterocycles. The number of aromatic nitrogens is 1. The number of hydrogen-bond acceptors (Lipinski definition) is 4. The SMILES string of the molecule is CCCCOC(=O)/C=C/c1c(F)ccnc1N. The van der Waals surface area contributed by atoms with Crippen molar-refractivity contribution in [3.8, 4) is 0 Å². The first kappa shape index (κ1) is 13.2. The van der Waals surface area contributed by atoms with Gasteiger partial charge in [0.25, 0.3) is 0 Å². The molecule has 1 heterocycles. The molecule has 0 aliphatic rings. The zero-order chi connectivity index (χ0) is 12.7. The Kier molecular flexibility index (Phi) is 5.13. The maximum Gasteiger partial charge on any atom is 0.330 e. The smallest absolute Gasteiger partial charge is 0.330 e. The van der Waals surface area contributed by atoms with Gasteiger partial charge in [-0.05, 0) is 18.6 Å². The number of esters is 1. The summed E-state index contributed by atoms with van der Waals surface area (Å²) in [7, 11) is 0. The predicted octanol–water partition coefficient (Wildman–Crippen LogP) is 2.16. The van der Waals surface area contributed by atoms with Crippen LogP contribution >= 0.6 is 0 Å². The van der Waals surface area contributed by atoms with Crippen LogP contribution < -0.4 is 5.73 Å². The standard InChI is InChI=1S/C12H15FN2O2/c1-2-3-8-17-11(16)5-4-9-10(13)6-7-15-12(9)14/h4-7H,2-3,8H2,1H3,(H2,14,15)/b5-4+. The summed E-state index contributed by atoms with van der Waals surface area (Å²) in [5, 5.41) is 0. The van der Waals surface area contributed by atoms with Crippen LogP contribution in [0.5, 0.6) is 0 Å². The molecule has 92 valence electrons. The van der Waals surface area contributed by atoms with Gasteiger partial charge in [0, 0.05) is 12.3 Å². The highest BCUT2D eigenvalue weighted by Crippen LogP contribution is 2.14. The molecule has 0 aliphatic carbocycles. The number of hydrogen-bond donors (Lipinski definition) is 1. The van der Waals surface area contributed by atoms with E-state index < -0.39 is 11.8 Å². The minimum absolute atomic E-state index is 0.0441. The molecular formula is C12H15FN2O2. The topological polar surface area (TPSA) is 65.2 Å². The molecule has 1 rings (SSSR count). The quantitative estimate of drug-likeness (QED) is 0.485.